The van der Waals surface area contributed by atoms with E-state index in [1.165, 1.54) is 24.1 Å². The molecule has 1 atom stereocenters. The van der Waals surface area contributed by atoms with E-state index in [1.54, 1.807) is 6.92 Å². The van der Waals surface area contributed by atoms with Crippen LogP contribution in [0, 0.1) is 0 Å². The number of carbonyl (C=O) groups excluding carboxylic acids is 1. The van der Waals surface area contributed by atoms with Crippen LogP contribution in [0.4, 0.5) is 0 Å². The molecule has 1 aromatic carbocycles. The third-order valence-electron chi connectivity index (χ3n) is 4.14. The Morgan fingerprint density at radius 1 is 1.23 bits per heavy atom. The number of hydrogen-bond acceptors (Lipinski definition) is 4. The van der Waals surface area contributed by atoms with E-state index in [1.807, 2.05) is 30.3 Å². The van der Waals surface area contributed by atoms with E-state index in [9.17, 15) is 4.79 Å². The van der Waals surface area contributed by atoms with Crippen molar-refractivity contribution in [1.29, 1.82) is 0 Å². The highest BCUT2D eigenvalue weighted by Gasteiger charge is 2.22. The molecule has 22 heavy (non-hydrogen) atoms. The summed E-state index contributed by atoms with van der Waals surface area (Å²) >= 11 is 0. The van der Waals surface area contributed by atoms with Crippen LogP contribution in [0.3, 0.4) is 0 Å². The molecule has 6 heteroatoms. The van der Waals surface area contributed by atoms with Crippen molar-refractivity contribution >= 4 is 5.91 Å². The van der Waals surface area contributed by atoms with E-state index in [2.05, 4.69) is 20.7 Å². The van der Waals surface area contributed by atoms with Crippen LogP contribution in [0.5, 0.6) is 0 Å². The summed E-state index contributed by atoms with van der Waals surface area (Å²) in [5.41, 5.74) is 0.897. The van der Waals surface area contributed by atoms with Crippen LogP contribution in [-0.4, -0.2) is 32.2 Å². The summed E-state index contributed by atoms with van der Waals surface area (Å²) in [6.45, 7) is 1.80. The van der Waals surface area contributed by atoms with Crippen molar-refractivity contribution in [1.82, 2.24) is 25.5 Å². The predicted molar refractivity (Wildman–Crippen MR) is 83.0 cm³/mol. The number of benzene rings is 1. The lowest BCUT2D eigenvalue weighted by Gasteiger charge is -2.24. The van der Waals surface area contributed by atoms with E-state index in [-0.39, 0.29) is 5.91 Å². The van der Waals surface area contributed by atoms with Gasteiger partial charge in [-0.2, -0.15) is 4.80 Å². The Morgan fingerprint density at radius 2 is 1.95 bits per heavy atom. The molecule has 0 radical (unpaired) electrons. The second kappa shape index (κ2) is 6.68. The number of hydrogen-bond donors (Lipinski definition) is 1. The van der Waals surface area contributed by atoms with Gasteiger partial charge in [0.2, 0.25) is 11.7 Å². The van der Waals surface area contributed by atoms with Gasteiger partial charge in [0.05, 0.1) is 0 Å². The quantitative estimate of drug-likeness (QED) is 0.940. The Kier molecular flexibility index (Phi) is 4.46. The molecule has 1 aliphatic rings. The standard InChI is InChI=1S/C16H21N5O/c1-12(16(22)17-14-10-6-3-7-11-14)21-19-15(18-20-21)13-8-4-2-5-9-13/h2,4-5,8-9,12,14H,3,6-7,10-11H2,1H3,(H,17,22)/t12-/m0/s1. The minimum absolute atomic E-state index is 0.0380. The van der Waals surface area contributed by atoms with Gasteiger partial charge in [-0.05, 0) is 25.0 Å². The Morgan fingerprint density at radius 3 is 2.68 bits per heavy atom. The number of amides is 1. The zero-order chi connectivity index (χ0) is 15.4. The van der Waals surface area contributed by atoms with Gasteiger partial charge in [0.25, 0.3) is 0 Å². The van der Waals surface area contributed by atoms with E-state index in [4.69, 9.17) is 0 Å². The maximum absolute atomic E-state index is 12.3. The third-order valence-corrected chi connectivity index (χ3v) is 4.14. The molecule has 0 spiro atoms. The predicted octanol–water partition coefficient (Wildman–Crippen LogP) is 2.35. The first-order chi connectivity index (χ1) is 10.7. The van der Waals surface area contributed by atoms with Crippen molar-refractivity contribution in [2.24, 2.45) is 0 Å². The molecular weight excluding hydrogens is 278 g/mol. The van der Waals surface area contributed by atoms with E-state index in [0.717, 1.165) is 18.4 Å². The van der Waals surface area contributed by atoms with Gasteiger partial charge in [-0.25, -0.2) is 0 Å². The molecule has 0 bridgehead atoms. The highest BCUT2D eigenvalue weighted by Crippen LogP contribution is 2.18. The molecule has 1 fully saturated rings. The summed E-state index contributed by atoms with van der Waals surface area (Å²) in [7, 11) is 0. The summed E-state index contributed by atoms with van der Waals surface area (Å²) in [4.78, 5) is 13.7. The maximum atomic E-state index is 12.3. The monoisotopic (exact) mass is 299 g/mol. The van der Waals surface area contributed by atoms with Crippen LogP contribution in [-0.2, 0) is 4.79 Å². The SMILES string of the molecule is C[C@@H](C(=O)NC1CCCCC1)n1nnc(-c2ccccc2)n1. The molecule has 0 aliphatic heterocycles. The first-order valence-corrected chi connectivity index (χ1v) is 7.89. The maximum Gasteiger partial charge on any atom is 0.246 e. The van der Waals surface area contributed by atoms with Gasteiger partial charge < -0.3 is 5.32 Å². The largest absolute Gasteiger partial charge is 0.351 e. The number of tetrazole rings is 1. The molecule has 0 unspecified atom stereocenters. The number of nitrogens with zero attached hydrogens (tertiary/aromatic N) is 4. The van der Waals surface area contributed by atoms with Crippen LogP contribution < -0.4 is 5.32 Å². The fraction of sp³-hybridized carbons (Fsp3) is 0.500. The van der Waals surface area contributed by atoms with Gasteiger partial charge in [0.15, 0.2) is 0 Å². The Hall–Kier alpha value is -2.24. The van der Waals surface area contributed by atoms with Crippen molar-refractivity contribution in [3.8, 4) is 11.4 Å². The van der Waals surface area contributed by atoms with Gasteiger partial charge in [0, 0.05) is 11.6 Å². The second-order valence-corrected chi connectivity index (χ2v) is 5.82. The van der Waals surface area contributed by atoms with Crippen molar-refractivity contribution in [2.75, 3.05) is 0 Å². The molecule has 0 saturated heterocycles. The van der Waals surface area contributed by atoms with Gasteiger partial charge in [-0.1, -0.05) is 49.6 Å². The highest BCUT2D eigenvalue weighted by molar-refractivity contribution is 5.79. The van der Waals surface area contributed by atoms with Gasteiger partial charge in [-0.3, -0.25) is 4.79 Å². The number of nitrogens with one attached hydrogen (secondary N) is 1. The molecule has 1 heterocycles. The lowest BCUT2D eigenvalue weighted by molar-refractivity contribution is -0.125. The van der Waals surface area contributed by atoms with Crippen LogP contribution in [0.25, 0.3) is 11.4 Å². The lowest BCUT2D eigenvalue weighted by atomic mass is 9.95. The molecule has 116 valence electrons. The molecule has 3 rings (SSSR count). The van der Waals surface area contributed by atoms with Crippen molar-refractivity contribution in [3.05, 3.63) is 30.3 Å². The summed E-state index contributed by atoms with van der Waals surface area (Å²) in [5.74, 6) is 0.502. The molecule has 6 nitrogen and oxygen atoms in total. The third kappa shape index (κ3) is 3.32. The van der Waals surface area contributed by atoms with Crippen LogP contribution >= 0.6 is 0 Å². The molecule has 1 saturated carbocycles. The minimum atomic E-state index is -0.452. The molecular formula is C16H21N5O. The average Bonchev–Trinajstić information content (AvgIpc) is 3.06. The fourth-order valence-electron chi connectivity index (χ4n) is 2.77. The zero-order valence-corrected chi connectivity index (χ0v) is 12.8. The highest BCUT2D eigenvalue weighted by atomic mass is 16.2. The first-order valence-electron chi connectivity index (χ1n) is 7.89. The smallest absolute Gasteiger partial charge is 0.246 e. The Balaban J connectivity index is 1.65. The summed E-state index contributed by atoms with van der Waals surface area (Å²) in [6.07, 6.45) is 5.79. The van der Waals surface area contributed by atoms with Crippen molar-refractivity contribution in [3.63, 3.8) is 0 Å². The van der Waals surface area contributed by atoms with Crippen molar-refractivity contribution in [2.45, 2.75) is 51.1 Å². The van der Waals surface area contributed by atoms with E-state index in [0.29, 0.717) is 11.9 Å². The van der Waals surface area contributed by atoms with Crippen molar-refractivity contribution < 1.29 is 4.79 Å². The summed E-state index contributed by atoms with van der Waals surface area (Å²) in [6, 6.07) is 9.48. The summed E-state index contributed by atoms with van der Waals surface area (Å²) in [5, 5.41) is 15.5. The molecule has 1 aliphatic carbocycles. The molecule has 1 aromatic heterocycles. The number of carbonyl (C=O) groups is 1. The summed E-state index contributed by atoms with van der Waals surface area (Å²) < 4.78 is 0. The lowest BCUT2D eigenvalue weighted by Crippen LogP contribution is -2.40. The van der Waals surface area contributed by atoms with E-state index >= 15 is 0 Å². The normalized spacial score (nSPS) is 17.1. The van der Waals surface area contributed by atoms with E-state index < -0.39 is 6.04 Å². The molecule has 2 aromatic rings. The van der Waals surface area contributed by atoms with Crippen LogP contribution in [0.15, 0.2) is 30.3 Å². The number of rotatable bonds is 4. The Labute approximate surface area is 129 Å². The minimum Gasteiger partial charge on any atom is -0.351 e. The van der Waals surface area contributed by atoms with Crippen LogP contribution in [0.2, 0.25) is 0 Å². The topological polar surface area (TPSA) is 72.7 Å². The molecule has 1 amide bonds. The van der Waals surface area contributed by atoms with Crippen LogP contribution in [0.1, 0.15) is 45.1 Å². The van der Waals surface area contributed by atoms with Gasteiger partial charge in [0.1, 0.15) is 6.04 Å². The second-order valence-electron chi connectivity index (χ2n) is 5.82. The average molecular weight is 299 g/mol. The fourth-order valence-corrected chi connectivity index (χ4v) is 2.77. The van der Waals surface area contributed by atoms with Gasteiger partial charge >= 0.3 is 0 Å². The first kappa shape index (κ1) is 14.7. The molecule has 1 N–H and O–H groups in total. The zero-order valence-electron chi connectivity index (χ0n) is 12.8. The van der Waals surface area contributed by atoms with Gasteiger partial charge in [-0.15, -0.1) is 10.2 Å². The Bertz CT molecular complexity index is 618. The number of aromatic nitrogens is 4.